The van der Waals surface area contributed by atoms with Gasteiger partial charge < -0.3 is 5.21 Å². The zero-order valence-electron chi connectivity index (χ0n) is 2.52. The summed E-state index contributed by atoms with van der Waals surface area (Å²) in [6.45, 7) is 0. The first kappa shape index (κ1) is 8.85. The molecule has 0 rings (SSSR count). The Morgan fingerprint density at radius 2 is 1.40 bits per heavy atom. The van der Waals surface area contributed by atoms with Crippen molar-refractivity contribution in [1.82, 2.24) is 0 Å². The molecule has 30 valence electrons. The van der Waals surface area contributed by atoms with Gasteiger partial charge >= 0.3 is 0 Å². The second-order valence-electron chi connectivity index (χ2n) is 0.125. The molecular weight excluding hydrogens is 70.0 g/mol. The summed E-state index contributed by atoms with van der Waals surface area (Å²) < 4.78 is 0. The Balaban J connectivity index is 0. The highest BCUT2D eigenvalue weighted by atomic mass is 16.4. The molecule has 4 nitrogen and oxygen atoms in total. The number of nitrogens with two attached hydrogens (primary N) is 1. The topological polar surface area (TPSA) is 94.0 Å². The van der Waals surface area contributed by atoms with Crippen LogP contribution in [0, 0.1) is 10.8 Å². The van der Waals surface area contributed by atoms with Gasteiger partial charge in [0, 0.05) is 0 Å². The minimum absolute atomic E-state index is 1.25. The maximum absolute atomic E-state index is 6.50. The Morgan fingerprint density at radius 1 is 1.40 bits per heavy atom. The van der Waals surface area contributed by atoms with Gasteiger partial charge in [0.05, 0.1) is 6.01 Å². The molecule has 0 radical (unpaired) electrons. The van der Waals surface area contributed by atoms with Crippen LogP contribution in [0.25, 0.3) is 0 Å². The Kier molecular flexibility index (Phi) is 343. The highest BCUT2D eigenvalue weighted by molar-refractivity contribution is 5.29. The zero-order chi connectivity index (χ0) is 4.71. The summed E-state index contributed by atoms with van der Waals surface area (Å²) in [5.74, 6) is 3.50. The fourth-order valence-electron chi connectivity index (χ4n) is 0. The first-order chi connectivity index (χ1) is 2.41. The van der Waals surface area contributed by atoms with Crippen molar-refractivity contribution in [2.24, 2.45) is 5.90 Å². The van der Waals surface area contributed by atoms with Crippen molar-refractivity contribution < 1.29 is 5.21 Å². The van der Waals surface area contributed by atoms with E-state index in [9.17, 15) is 0 Å². The van der Waals surface area contributed by atoms with E-state index >= 15 is 0 Å². The monoisotopic (exact) mass is 75.0 g/mol. The van der Waals surface area contributed by atoms with Gasteiger partial charge in [-0.3, -0.25) is 0 Å². The van der Waals surface area contributed by atoms with Crippen LogP contribution in [0.4, 0.5) is 0 Å². The molecule has 0 aromatic heterocycles. The Morgan fingerprint density at radius 3 is 1.40 bits per heavy atom. The van der Waals surface area contributed by atoms with Crippen LogP contribution in [0.2, 0.25) is 0 Å². The lowest BCUT2D eigenvalue weighted by Gasteiger charge is -1.27. The van der Waals surface area contributed by atoms with E-state index in [4.69, 9.17) is 16.0 Å². The quantitative estimate of drug-likeness (QED) is 0.234. The molecule has 0 saturated carbocycles. The van der Waals surface area contributed by atoms with Crippen LogP contribution >= 0.6 is 0 Å². The summed E-state index contributed by atoms with van der Waals surface area (Å²) in [7, 11) is 0. The van der Waals surface area contributed by atoms with Gasteiger partial charge in [-0.15, -0.1) is 0 Å². The number of rotatable bonds is 0. The largest absolute Gasteiger partial charge is 0.320 e. The van der Waals surface area contributed by atoms with E-state index in [0.29, 0.717) is 0 Å². The van der Waals surface area contributed by atoms with E-state index in [0.717, 1.165) is 0 Å². The zero-order valence-corrected chi connectivity index (χ0v) is 2.52. The Bertz CT molecular complexity index is 27.9. The second-order valence-corrected chi connectivity index (χ2v) is 0.125. The molecule has 0 bridgehead atoms. The van der Waals surface area contributed by atoms with Crippen molar-refractivity contribution in [2.45, 2.75) is 0 Å². The van der Waals surface area contributed by atoms with Gasteiger partial charge in [-0.1, -0.05) is 0 Å². The van der Waals surface area contributed by atoms with Gasteiger partial charge in [0.25, 0.3) is 0 Å². The normalized spacial score (nSPS) is 2.80. The van der Waals surface area contributed by atoms with E-state index in [1.807, 2.05) is 0 Å². The predicted molar refractivity (Wildman–Crippen MR) is 16.4 cm³/mol. The van der Waals surface area contributed by atoms with Crippen LogP contribution in [-0.2, 0) is 0 Å². The van der Waals surface area contributed by atoms with Crippen molar-refractivity contribution >= 4 is 6.01 Å². The van der Waals surface area contributed by atoms with Crippen molar-refractivity contribution in [2.75, 3.05) is 0 Å². The minimum atomic E-state index is 1.25. The SMILES string of the molecule is N=C=N.NO. The number of hydrogen-bond acceptors (Lipinski definition) is 4. The Labute approximate surface area is 29.2 Å². The average Bonchev–Trinajstić information content (AvgIpc) is 1.46. The summed E-state index contributed by atoms with van der Waals surface area (Å²) in [5.41, 5.74) is 0. The van der Waals surface area contributed by atoms with Crippen molar-refractivity contribution in [3.05, 3.63) is 0 Å². The molecule has 5 heavy (non-hydrogen) atoms. The van der Waals surface area contributed by atoms with Crippen LogP contribution in [0.3, 0.4) is 0 Å². The first-order valence-corrected chi connectivity index (χ1v) is 0.758. The van der Waals surface area contributed by atoms with Gasteiger partial charge in [0.2, 0.25) is 0 Å². The molecule has 5 N–H and O–H groups in total. The summed E-state index contributed by atoms with van der Waals surface area (Å²) >= 11 is 0. The summed E-state index contributed by atoms with van der Waals surface area (Å²) in [6, 6.07) is 1.25. The maximum Gasteiger partial charge on any atom is 0.0831 e. The van der Waals surface area contributed by atoms with Crippen molar-refractivity contribution in [1.29, 1.82) is 10.8 Å². The molecule has 0 heterocycles. The van der Waals surface area contributed by atoms with Crippen molar-refractivity contribution in [3.63, 3.8) is 0 Å². The van der Waals surface area contributed by atoms with Crippen LogP contribution in [-0.4, -0.2) is 11.2 Å². The first-order valence-electron chi connectivity index (χ1n) is 0.758. The molecule has 0 spiro atoms. The van der Waals surface area contributed by atoms with Gasteiger partial charge in [0.1, 0.15) is 0 Å². The number of hydrogen-bond donors (Lipinski definition) is 4. The highest BCUT2D eigenvalue weighted by Crippen LogP contribution is 0.920. The lowest BCUT2D eigenvalue weighted by Crippen LogP contribution is -1.72. The molecule has 0 aliphatic carbocycles. The molecule has 0 unspecified atom stereocenters. The van der Waals surface area contributed by atoms with Gasteiger partial charge in [-0.2, -0.15) is 0 Å². The van der Waals surface area contributed by atoms with Gasteiger partial charge in [0.15, 0.2) is 0 Å². The average molecular weight is 75.1 g/mol. The molecule has 0 saturated heterocycles. The molecule has 0 aliphatic rings. The standard InChI is InChI=1S/CH2N2.H3NO/c2-1-3;1-2/h2-3H;2H,1H2. The van der Waals surface area contributed by atoms with E-state index < -0.39 is 0 Å². The lowest BCUT2D eigenvalue weighted by molar-refractivity contribution is 0.311. The fraction of sp³-hybridized carbons (Fsp3) is 0. The molecule has 0 amide bonds. The van der Waals surface area contributed by atoms with E-state index in [2.05, 4.69) is 5.90 Å². The highest BCUT2D eigenvalue weighted by Gasteiger charge is 0.934. The molecule has 0 fully saturated rings. The minimum Gasteiger partial charge on any atom is -0.320 e. The third-order valence-corrected chi connectivity index (χ3v) is 0. The molecule has 4 heteroatoms. The van der Waals surface area contributed by atoms with E-state index in [-0.39, 0.29) is 0 Å². The predicted octanol–water partition coefficient (Wildman–Crippen LogP) is -0.348. The van der Waals surface area contributed by atoms with Crippen LogP contribution in [0.15, 0.2) is 0 Å². The molecular formula is CH5N3O. The maximum atomic E-state index is 6.50. The summed E-state index contributed by atoms with van der Waals surface area (Å²) in [5, 5.41) is 17.8. The second kappa shape index (κ2) is 194. The molecule has 0 aliphatic heterocycles. The number of nitrogens with one attached hydrogen (secondary N) is 2. The van der Waals surface area contributed by atoms with Gasteiger partial charge in [-0.25, -0.2) is 16.7 Å². The molecule has 0 atom stereocenters. The Hall–Kier alpha value is -0.700. The third kappa shape index (κ3) is 11.4. The lowest BCUT2D eigenvalue weighted by atomic mass is 11.6. The smallest absolute Gasteiger partial charge is 0.0831 e. The van der Waals surface area contributed by atoms with Crippen LogP contribution in [0.5, 0.6) is 0 Å². The molecule has 0 aromatic rings. The van der Waals surface area contributed by atoms with Crippen molar-refractivity contribution in [3.8, 4) is 0 Å². The van der Waals surface area contributed by atoms with E-state index in [1.54, 1.807) is 0 Å². The van der Waals surface area contributed by atoms with E-state index in [1.165, 1.54) is 6.01 Å². The fourth-order valence-corrected chi connectivity index (χ4v) is 0. The van der Waals surface area contributed by atoms with Gasteiger partial charge in [-0.05, 0) is 0 Å². The van der Waals surface area contributed by atoms with Crippen LogP contribution in [0.1, 0.15) is 0 Å². The van der Waals surface area contributed by atoms with Crippen LogP contribution < -0.4 is 5.90 Å². The summed E-state index contributed by atoms with van der Waals surface area (Å²) in [6.07, 6.45) is 0. The molecule has 0 aromatic carbocycles. The third-order valence-electron chi connectivity index (χ3n) is 0. The summed E-state index contributed by atoms with van der Waals surface area (Å²) in [4.78, 5) is 0.